The fraction of sp³-hybridized carbons (Fsp3) is 0.111. The second kappa shape index (κ2) is 8.88. The molecule has 1 atom stereocenters. The number of furan rings is 1. The molecule has 3 N–H and O–H groups in total. The Bertz CT molecular complexity index is 1020. The van der Waals surface area contributed by atoms with E-state index in [-0.39, 0.29) is 10.9 Å². The fourth-order valence-electron chi connectivity index (χ4n) is 2.46. The van der Waals surface area contributed by atoms with Crippen molar-refractivity contribution in [1.82, 2.24) is 10.6 Å². The lowest BCUT2D eigenvalue weighted by Gasteiger charge is -2.27. The van der Waals surface area contributed by atoms with Gasteiger partial charge >= 0.3 is 0 Å². The highest BCUT2D eigenvalue weighted by atomic mass is 79.9. The van der Waals surface area contributed by atoms with Crippen molar-refractivity contribution in [3.63, 3.8) is 0 Å². The highest BCUT2D eigenvalue weighted by Gasteiger charge is 2.35. The van der Waals surface area contributed by atoms with Gasteiger partial charge in [0.25, 0.3) is 5.91 Å². The van der Waals surface area contributed by atoms with Gasteiger partial charge in [-0.15, -0.1) is 0 Å². The minimum absolute atomic E-state index is 0.0563. The van der Waals surface area contributed by atoms with Gasteiger partial charge in [-0.3, -0.25) is 4.79 Å². The highest BCUT2D eigenvalue weighted by molar-refractivity contribution is 9.10. The third kappa shape index (κ3) is 5.30. The zero-order valence-electron chi connectivity index (χ0n) is 14.0. The van der Waals surface area contributed by atoms with E-state index >= 15 is 0 Å². The van der Waals surface area contributed by atoms with E-state index in [1.807, 2.05) is 42.5 Å². The molecule has 1 unspecified atom stereocenters. The summed E-state index contributed by atoms with van der Waals surface area (Å²) in [4.78, 5) is 12.3. The zero-order valence-corrected chi connectivity index (χ0v) is 18.7. The third-order valence-corrected chi connectivity index (χ3v) is 5.01. The van der Waals surface area contributed by atoms with Gasteiger partial charge in [0.15, 0.2) is 15.5 Å². The molecule has 5 nitrogen and oxygen atoms in total. The monoisotopic (exact) mass is 519 g/mol. The van der Waals surface area contributed by atoms with Crippen LogP contribution in [0.15, 0.2) is 63.7 Å². The van der Waals surface area contributed by atoms with Gasteiger partial charge in [-0.1, -0.05) is 71.2 Å². The van der Waals surface area contributed by atoms with Crippen LogP contribution in [0.4, 0.5) is 5.69 Å². The first-order chi connectivity index (χ1) is 13.2. The van der Waals surface area contributed by atoms with E-state index in [2.05, 4.69) is 31.9 Å². The quantitative estimate of drug-likeness (QED) is 0.237. The molecule has 0 radical (unpaired) electrons. The zero-order chi connectivity index (χ0) is 20.3. The molecule has 0 fully saturated rings. The largest absolute Gasteiger partial charge is 0.444 e. The molecule has 0 aliphatic carbocycles. The van der Waals surface area contributed by atoms with Crippen molar-refractivity contribution in [2.75, 3.05) is 5.32 Å². The molecule has 0 bridgehead atoms. The number of hydrogen-bond acceptors (Lipinski definition) is 3. The maximum Gasteiger partial charge on any atom is 0.288 e. The predicted octanol–water partition coefficient (Wildman–Crippen LogP) is 5.61. The van der Waals surface area contributed by atoms with Crippen molar-refractivity contribution in [2.24, 2.45) is 0 Å². The average Bonchev–Trinajstić information content (AvgIpc) is 3.07. The van der Waals surface area contributed by atoms with Gasteiger partial charge < -0.3 is 20.4 Å². The molecule has 1 amide bonds. The summed E-state index contributed by atoms with van der Waals surface area (Å²) in [7, 11) is 0. The lowest BCUT2D eigenvalue weighted by atomic mass is 10.1. The summed E-state index contributed by atoms with van der Waals surface area (Å²) in [6.07, 6.45) is -1.11. The topological polar surface area (TPSA) is 66.3 Å². The second-order valence-electron chi connectivity index (χ2n) is 5.68. The molecule has 0 aliphatic heterocycles. The lowest BCUT2D eigenvalue weighted by molar-refractivity contribution is 0.0905. The summed E-state index contributed by atoms with van der Waals surface area (Å²) in [6, 6.07) is 16.7. The number of carbonyl (C=O) groups excluding carboxylic acids is 1. The number of alkyl halides is 3. The number of amides is 1. The molecule has 1 heterocycles. The van der Waals surface area contributed by atoms with Crippen LogP contribution >= 0.6 is 63.0 Å². The highest BCUT2D eigenvalue weighted by Crippen LogP contribution is 2.30. The van der Waals surface area contributed by atoms with Gasteiger partial charge in [0.05, 0.1) is 0 Å². The van der Waals surface area contributed by atoms with Crippen molar-refractivity contribution in [2.45, 2.75) is 9.96 Å². The fourth-order valence-corrected chi connectivity index (χ4v) is 3.32. The predicted molar refractivity (Wildman–Crippen MR) is 121 cm³/mol. The number of anilines is 1. The number of fused-ring (bicyclic) bond motifs is 1. The standard InChI is InChI=1S/C18H13BrCl3N3O2S/c19-14-9-8-13(27-14)15(26)24-16(18(20,21)22)25-17(28)23-12-7-3-5-10-4-1-2-6-11(10)12/h1-9,16H,(H,24,26)(H2,23,25,28). The number of thiocarbonyl (C=S) groups is 1. The van der Waals surface area contributed by atoms with E-state index in [0.29, 0.717) is 4.67 Å². The number of benzene rings is 2. The number of hydrogen-bond donors (Lipinski definition) is 3. The van der Waals surface area contributed by atoms with Gasteiger partial charge in [0, 0.05) is 11.1 Å². The molecular formula is C18H13BrCl3N3O2S. The number of rotatable bonds is 4. The van der Waals surface area contributed by atoms with Gasteiger partial charge in [-0.2, -0.15) is 0 Å². The number of nitrogens with one attached hydrogen (secondary N) is 3. The Morgan fingerprint density at radius 2 is 1.75 bits per heavy atom. The normalized spacial score (nSPS) is 12.4. The minimum atomic E-state index is -1.87. The second-order valence-corrected chi connectivity index (χ2v) is 9.24. The Hall–Kier alpha value is -1.51. The van der Waals surface area contributed by atoms with Crippen LogP contribution in [0.3, 0.4) is 0 Å². The first kappa shape index (κ1) is 21.2. The van der Waals surface area contributed by atoms with Crippen molar-refractivity contribution in [1.29, 1.82) is 0 Å². The summed E-state index contributed by atoms with van der Waals surface area (Å²) in [6.45, 7) is 0. The van der Waals surface area contributed by atoms with E-state index in [1.165, 1.54) is 6.07 Å². The Morgan fingerprint density at radius 3 is 2.43 bits per heavy atom. The molecule has 3 aromatic rings. The van der Waals surface area contributed by atoms with Gasteiger partial charge in [-0.05, 0) is 51.7 Å². The number of halogens is 4. The van der Waals surface area contributed by atoms with E-state index in [9.17, 15) is 4.79 Å². The molecule has 10 heteroatoms. The van der Waals surface area contributed by atoms with Crippen LogP contribution in [-0.2, 0) is 0 Å². The van der Waals surface area contributed by atoms with Crippen molar-refractivity contribution < 1.29 is 9.21 Å². The molecule has 3 rings (SSSR count). The summed E-state index contributed by atoms with van der Waals surface area (Å²) in [5.74, 6) is -0.511. The van der Waals surface area contributed by atoms with Gasteiger partial charge in [-0.25, -0.2) is 0 Å². The van der Waals surface area contributed by atoms with E-state index in [4.69, 9.17) is 51.4 Å². The van der Waals surface area contributed by atoms with Crippen LogP contribution in [0, 0.1) is 0 Å². The Kier molecular flexibility index (Phi) is 6.73. The van der Waals surface area contributed by atoms with Gasteiger partial charge in [0.1, 0.15) is 6.17 Å². The molecule has 0 aliphatic rings. The summed E-state index contributed by atoms with van der Waals surface area (Å²) in [5.41, 5.74) is 0.778. The molecule has 0 spiro atoms. The lowest BCUT2D eigenvalue weighted by Crippen LogP contribution is -2.56. The summed E-state index contributed by atoms with van der Waals surface area (Å²) in [5, 5.41) is 10.6. The maximum atomic E-state index is 12.3. The smallest absolute Gasteiger partial charge is 0.288 e. The Morgan fingerprint density at radius 1 is 1.04 bits per heavy atom. The summed E-state index contributed by atoms with van der Waals surface area (Å²) < 4.78 is 3.74. The molecule has 28 heavy (non-hydrogen) atoms. The molecule has 146 valence electrons. The van der Waals surface area contributed by atoms with Crippen LogP contribution in [0.2, 0.25) is 0 Å². The van der Waals surface area contributed by atoms with E-state index < -0.39 is 15.9 Å². The molecular weight excluding hydrogens is 509 g/mol. The number of carbonyl (C=O) groups is 1. The minimum Gasteiger partial charge on any atom is -0.444 e. The first-order valence-corrected chi connectivity index (χ1v) is 10.3. The maximum absolute atomic E-state index is 12.3. The van der Waals surface area contributed by atoms with Crippen LogP contribution in [-0.4, -0.2) is 21.0 Å². The van der Waals surface area contributed by atoms with Crippen molar-refractivity contribution in [3.8, 4) is 0 Å². The average molecular weight is 522 g/mol. The van der Waals surface area contributed by atoms with Crippen molar-refractivity contribution in [3.05, 3.63) is 65.0 Å². The Labute approximate surface area is 189 Å². The van der Waals surface area contributed by atoms with Crippen LogP contribution in [0.5, 0.6) is 0 Å². The van der Waals surface area contributed by atoms with Crippen LogP contribution in [0.1, 0.15) is 10.6 Å². The molecule has 0 saturated heterocycles. The SMILES string of the molecule is O=C(NC(NC(=S)Nc1cccc2ccccc12)C(Cl)(Cl)Cl)c1ccc(Br)o1. The first-order valence-electron chi connectivity index (χ1n) is 7.92. The van der Waals surface area contributed by atoms with E-state index in [1.54, 1.807) is 6.07 Å². The van der Waals surface area contributed by atoms with Gasteiger partial charge in [0.2, 0.25) is 3.79 Å². The molecule has 0 saturated carbocycles. The molecule has 1 aromatic heterocycles. The molecule has 2 aromatic carbocycles. The summed E-state index contributed by atoms with van der Waals surface area (Å²) >= 11 is 26.5. The Balaban J connectivity index is 1.73. The van der Waals surface area contributed by atoms with E-state index in [0.717, 1.165) is 16.5 Å². The van der Waals surface area contributed by atoms with Crippen LogP contribution in [0.25, 0.3) is 10.8 Å². The third-order valence-electron chi connectivity index (χ3n) is 3.71. The van der Waals surface area contributed by atoms with Crippen LogP contribution < -0.4 is 16.0 Å². The van der Waals surface area contributed by atoms with Crippen molar-refractivity contribution >= 4 is 90.4 Å².